The van der Waals surface area contributed by atoms with Crippen molar-refractivity contribution in [1.82, 2.24) is 5.32 Å². The van der Waals surface area contributed by atoms with E-state index in [-0.39, 0.29) is 12.0 Å². The Kier molecular flexibility index (Phi) is 5.82. The second-order valence-corrected chi connectivity index (χ2v) is 5.82. The molecule has 2 atom stereocenters. The molecule has 1 aliphatic rings. The Labute approximate surface area is 118 Å². The normalized spacial score (nSPS) is 21.0. The van der Waals surface area contributed by atoms with Gasteiger partial charge in [-0.1, -0.05) is 6.07 Å². The lowest BCUT2D eigenvalue weighted by Gasteiger charge is -2.25. The number of esters is 1. The average molecular weight is 283 g/mol. The molecule has 1 aromatic rings. The van der Waals surface area contributed by atoms with E-state index in [9.17, 15) is 4.79 Å². The van der Waals surface area contributed by atoms with Crippen LogP contribution in [0.15, 0.2) is 17.5 Å². The maximum Gasteiger partial charge on any atom is 0.307 e. The van der Waals surface area contributed by atoms with Crippen LogP contribution in [0.4, 0.5) is 0 Å². The number of hydrogen-bond acceptors (Lipinski definition) is 5. The van der Waals surface area contributed by atoms with E-state index in [1.165, 1.54) is 18.4 Å². The van der Waals surface area contributed by atoms with Crippen molar-refractivity contribution in [3.05, 3.63) is 22.4 Å². The van der Waals surface area contributed by atoms with Crippen molar-refractivity contribution >= 4 is 17.3 Å². The summed E-state index contributed by atoms with van der Waals surface area (Å²) >= 11 is 1.67. The average Bonchev–Trinajstić information content (AvgIpc) is 2.98. The Bertz CT molecular complexity index is 374. The highest BCUT2D eigenvalue weighted by Crippen LogP contribution is 2.23. The van der Waals surface area contributed by atoms with Gasteiger partial charge in [0, 0.05) is 18.0 Å². The summed E-state index contributed by atoms with van der Waals surface area (Å²) < 4.78 is 10.2. The molecule has 1 aliphatic heterocycles. The van der Waals surface area contributed by atoms with E-state index in [0.717, 1.165) is 26.2 Å². The van der Waals surface area contributed by atoms with E-state index in [1.54, 1.807) is 11.3 Å². The zero-order valence-electron chi connectivity index (χ0n) is 11.3. The zero-order valence-corrected chi connectivity index (χ0v) is 12.1. The number of nitrogens with one attached hydrogen (secondary N) is 1. The topological polar surface area (TPSA) is 47.6 Å². The molecule has 106 valence electrons. The molecule has 0 bridgehead atoms. The number of carbonyl (C=O) groups excluding carboxylic acids is 1. The quantitative estimate of drug-likeness (QED) is 0.814. The molecule has 0 aliphatic carbocycles. The third kappa shape index (κ3) is 4.60. The maximum atomic E-state index is 11.5. The molecule has 2 unspecified atom stereocenters. The predicted octanol–water partition coefficient (Wildman–Crippen LogP) is 2.37. The number of thiophene rings is 1. The maximum absolute atomic E-state index is 11.5. The molecule has 0 saturated carbocycles. The van der Waals surface area contributed by atoms with Crippen LogP contribution >= 0.6 is 11.3 Å². The van der Waals surface area contributed by atoms with Gasteiger partial charge in [0.2, 0.25) is 0 Å². The first kappa shape index (κ1) is 14.5. The highest BCUT2D eigenvalue weighted by molar-refractivity contribution is 7.10. The largest absolute Gasteiger partial charge is 0.469 e. The number of rotatable bonds is 6. The summed E-state index contributed by atoms with van der Waals surface area (Å²) in [4.78, 5) is 12.7. The summed E-state index contributed by atoms with van der Waals surface area (Å²) in [5.74, 6) is 0.375. The van der Waals surface area contributed by atoms with Gasteiger partial charge in [0.05, 0.1) is 26.2 Å². The van der Waals surface area contributed by atoms with Crippen LogP contribution in [0.2, 0.25) is 0 Å². The van der Waals surface area contributed by atoms with Gasteiger partial charge in [-0.3, -0.25) is 4.79 Å². The Balaban J connectivity index is 1.87. The van der Waals surface area contributed by atoms with E-state index >= 15 is 0 Å². The summed E-state index contributed by atoms with van der Waals surface area (Å²) in [6, 6.07) is 4.12. The van der Waals surface area contributed by atoms with Gasteiger partial charge in [0.15, 0.2) is 0 Å². The van der Waals surface area contributed by atoms with E-state index in [0.29, 0.717) is 12.3 Å². The van der Waals surface area contributed by atoms with Crippen molar-refractivity contribution in [1.29, 1.82) is 0 Å². The van der Waals surface area contributed by atoms with Crippen molar-refractivity contribution < 1.29 is 14.3 Å². The fourth-order valence-corrected chi connectivity index (χ4v) is 3.09. The van der Waals surface area contributed by atoms with Gasteiger partial charge in [-0.25, -0.2) is 0 Å². The van der Waals surface area contributed by atoms with Crippen molar-refractivity contribution in [2.24, 2.45) is 5.92 Å². The monoisotopic (exact) mass is 283 g/mol. The van der Waals surface area contributed by atoms with Crippen LogP contribution in [-0.2, 0) is 14.3 Å². The molecule has 1 N–H and O–H groups in total. The molecule has 2 heterocycles. The smallest absolute Gasteiger partial charge is 0.307 e. The van der Waals surface area contributed by atoms with Gasteiger partial charge in [-0.05, 0) is 30.2 Å². The SMILES string of the molecule is COC(=O)CC(NCC1CCCOC1)c1cccs1. The van der Waals surface area contributed by atoms with E-state index in [1.807, 2.05) is 11.4 Å². The number of hydrogen-bond donors (Lipinski definition) is 1. The minimum absolute atomic E-state index is 0.0503. The lowest BCUT2D eigenvalue weighted by Crippen LogP contribution is -2.32. The third-order valence-corrected chi connectivity index (χ3v) is 4.38. The van der Waals surface area contributed by atoms with Gasteiger partial charge in [-0.2, -0.15) is 0 Å². The van der Waals surface area contributed by atoms with E-state index < -0.39 is 0 Å². The third-order valence-electron chi connectivity index (χ3n) is 3.39. The Hall–Kier alpha value is -0.910. The molecule has 1 aromatic heterocycles. The molecule has 5 heteroatoms. The second-order valence-electron chi connectivity index (χ2n) is 4.84. The van der Waals surface area contributed by atoms with Crippen molar-refractivity contribution in [3.63, 3.8) is 0 Å². The second kappa shape index (κ2) is 7.62. The Morgan fingerprint density at radius 1 is 1.68 bits per heavy atom. The first-order valence-electron chi connectivity index (χ1n) is 6.71. The van der Waals surface area contributed by atoms with Crippen LogP contribution < -0.4 is 5.32 Å². The Morgan fingerprint density at radius 3 is 3.21 bits per heavy atom. The minimum Gasteiger partial charge on any atom is -0.469 e. The molecule has 0 radical (unpaired) electrons. The fraction of sp³-hybridized carbons (Fsp3) is 0.643. The molecule has 4 nitrogen and oxygen atoms in total. The molecule has 2 rings (SSSR count). The summed E-state index contributed by atoms with van der Waals surface area (Å²) in [5.41, 5.74) is 0. The van der Waals surface area contributed by atoms with Gasteiger partial charge >= 0.3 is 5.97 Å². The van der Waals surface area contributed by atoms with E-state index in [2.05, 4.69) is 11.4 Å². The minimum atomic E-state index is -0.175. The van der Waals surface area contributed by atoms with Gasteiger partial charge in [0.1, 0.15) is 0 Å². The molecule has 0 aromatic carbocycles. The van der Waals surface area contributed by atoms with Crippen LogP contribution in [0.1, 0.15) is 30.2 Å². The number of carbonyl (C=O) groups is 1. The van der Waals surface area contributed by atoms with Gasteiger partial charge in [0.25, 0.3) is 0 Å². The number of methoxy groups -OCH3 is 1. The predicted molar refractivity (Wildman–Crippen MR) is 75.2 cm³/mol. The summed E-state index contributed by atoms with van der Waals surface area (Å²) in [5, 5.41) is 5.52. The highest BCUT2D eigenvalue weighted by Gasteiger charge is 2.20. The summed E-state index contributed by atoms with van der Waals surface area (Å²) in [6.07, 6.45) is 2.71. The van der Waals surface area contributed by atoms with Crippen LogP contribution in [0.3, 0.4) is 0 Å². The van der Waals surface area contributed by atoms with Crippen molar-refractivity contribution in [2.45, 2.75) is 25.3 Å². The molecule has 1 fully saturated rings. The van der Waals surface area contributed by atoms with E-state index in [4.69, 9.17) is 9.47 Å². The molecular formula is C14H21NO3S. The standard InChI is InChI=1S/C14H21NO3S/c1-17-14(16)8-12(13-5-3-7-19-13)15-9-11-4-2-6-18-10-11/h3,5,7,11-12,15H,2,4,6,8-10H2,1H3. The molecular weight excluding hydrogens is 262 g/mol. The molecule has 1 saturated heterocycles. The van der Waals surface area contributed by atoms with Crippen molar-refractivity contribution in [2.75, 3.05) is 26.9 Å². The molecule has 0 amide bonds. The first-order valence-corrected chi connectivity index (χ1v) is 7.59. The lowest BCUT2D eigenvalue weighted by molar-refractivity contribution is -0.141. The molecule has 0 spiro atoms. The molecule has 19 heavy (non-hydrogen) atoms. The van der Waals surface area contributed by atoms with Crippen LogP contribution in [0.5, 0.6) is 0 Å². The first-order chi connectivity index (χ1) is 9.29. The summed E-state index contributed by atoms with van der Waals surface area (Å²) in [7, 11) is 1.43. The van der Waals surface area contributed by atoms with Crippen molar-refractivity contribution in [3.8, 4) is 0 Å². The number of ether oxygens (including phenoxy) is 2. The van der Waals surface area contributed by atoms with Gasteiger partial charge in [-0.15, -0.1) is 11.3 Å². The highest BCUT2D eigenvalue weighted by atomic mass is 32.1. The van der Waals surface area contributed by atoms with Crippen LogP contribution in [0.25, 0.3) is 0 Å². The lowest BCUT2D eigenvalue weighted by atomic mass is 10.0. The van der Waals surface area contributed by atoms with Crippen LogP contribution in [-0.4, -0.2) is 32.8 Å². The van der Waals surface area contributed by atoms with Gasteiger partial charge < -0.3 is 14.8 Å². The fourth-order valence-electron chi connectivity index (χ4n) is 2.29. The van der Waals surface area contributed by atoms with Crippen LogP contribution in [0, 0.1) is 5.92 Å². The summed E-state index contributed by atoms with van der Waals surface area (Å²) in [6.45, 7) is 2.59. The zero-order chi connectivity index (χ0) is 13.5. The Morgan fingerprint density at radius 2 is 2.58 bits per heavy atom.